The van der Waals surface area contributed by atoms with Gasteiger partial charge in [-0.2, -0.15) is 5.10 Å². The number of aromatic nitrogens is 2. The van der Waals surface area contributed by atoms with Crippen LogP contribution in [-0.2, 0) is 17.6 Å². The summed E-state index contributed by atoms with van der Waals surface area (Å²) in [6, 6.07) is 0.250. The first-order chi connectivity index (χ1) is 7.77. The molecule has 1 aromatic rings. The lowest BCUT2D eigenvalue weighted by Crippen LogP contribution is -2.33. The highest BCUT2D eigenvalue weighted by Crippen LogP contribution is 2.29. The van der Waals surface area contributed by atoms with Crippen molar-refractivity contribution in [2.45, 2.75) is 31.7 Å². The molecule has 0 saturated carbocycles. The Morgan fingerprint density at radius 1 is 1.38 bits per heavy atom. The second-order valence-corrected chi connectivity index (χ2v) is 4.42. The van der Waals surface area contributed by atoms with Crippen molar-refractivity contribution in [3.05, 3.63) is 17.0 Å². The summed E-state index contributed by atoms with van der Waals surface area (Å²) in [6.07, 6.45) is 4.00. The lowest BCUT2D eigenvalue weighted by Gasteiger charge is -2.28. The van der Waals surface area contributed by atoms with Crippen LogP contribution in [0.2, 0.25) is 0 Å². The topological polar surface area (TPSA) is 64.3 Å². The third-order valence-corrected chi connectivity index (χ3v) is 3.38. The van der Waals surface area contributed by atoms with Crippen molar-refractivity contribution in [2.24, 2.45) is 0 Å². The molecular weight excluding hydrogens is 208 g/mol. The number of fused-ring (bicyclic) bond motifs is 1. The van der Waals surface area contributed by atoms with Gasteiger partial charge in [-0.15, -0.1) is 0 Å². The number of carboxylic acids is 1. The van der Waals surface area contributed by atoms with Gasteiger partial charge in [0.05, 0.1) is 19.3 Å². The highest BCUT2D eigenvalue weighted by Gasteiger charge is 2.30. The molecule has 2 aliphatic rings. The van der Waals surface area contributed by atoms with E-state index in [1.807, 2.05) is 4.68 Å². The van der Waals surface area contributed by atoms with Crippen LogP contribution in [0.1, 0.15) is 40.6 Å². The van der Waals surface area contributed by atoms with Crippen LogP contribution in [0.15, 0.2) is 0 Å². The highest BCUT2D eigenvalue weighted by atomic mass is 16.5. The number of carboxylic acid groups (broad SMARTS) is 1. The fourth-order valence-electron chi connectivity index (χ4n) is 2.46. The van der Waals surface area contributed by atoms with E-state index in [1.54, 1.807) is 0 Å². The molecule has 0 unspecified atom stereocenters. The maximum absolute atomic E-state index is 11.1. The molecule has 0 aromatic carbocycles. The summed E-state index contributed by atoms with van der Waals surface area (Å²) in [5.74, 6) is -0.905. The predicted octanol–water partition coefficient (Wildman–Crippen LogP) is 1.03. The summed E-state index contributed by atoms with van der Waals surface area (Å²) in [6.45, 7) is 1.32. The fraction of sp³-hybridized carbons (Fsp3) is 0.636. The van der Waals surface area contributed by atoms with Gasteiger partial charge in [-0.3, -0.25) is 4.68 Å². The van der Waals surface area contributed by atoms with Crippen LogP contribution in [0, 0.1) is 0 Å². The summed E-state index contributed by atoms with van der Waals surface area (Å²) >= 11 is 0. The summed E-state index contributed by atoms with van der Waals surface area (Å²) < 4.78 is 7.03. The first-order valence-corrected chi connectivity index (χ1v) is 5.68. The van der Waals surface area contributed by atoms with Gasteiger partial charge in [0, 0.05) is 11.3 Å². The van der Waals surface area contributed by atoms with Crippen molar-refractivity contribution in [3.63, 3.8) is 0 Å². The Morgan fingerprint density at radius 3 is 2.75 bits per heavy atom. The molecule has 0 radical (unpaired) electrons. The maximum Gasteiger partial charge on any atom is 0.356 e. The molecule has 1 saturated heterocycles. The Labute approximate surface area is 93.0 Å². The van der Waals surface area contributed by atoms with Crippen LogP contribution < -0.4 is 0 Å². The van der Waals surface area contributed by atoms with Crippen LogP contribution in [-0.4, -0.2) is 34.1 Å². The van der Waals surface area contributed by atoms with E-state index in [0.717, 1.165) is 36.9 Å². The minimum atomic E-state index is -0.905. The average molecular weight is 222 g/mol. The van der Waals surface area contributed by atoms with E-state index >= 15 is 0 Å². The van der Waals surface area contributed by atoms with E-state index in [-0.39, 0.29) is 11.7 Å². The molecule has 0 bridgehead atoms. The highest BCUT2D eigenvalue weighted by molar-refractivity contribution is 5.87. The lowest BCUT2D eigenvalue weighted by atomic mass is 9.95. The van der Waals surface area contributed by atoms with Gasteiger partial charge >= 0.3 is 5.97 Å². The van der Waals surface area contributed by atoms with E-state index in [2.05, 4.69) is 5.10 Å². The zero-order valence-electron chi connectivity index (χ0n) is 8.98. The van der Waals surface area contributed by atoms with E-state index < -0.39 is 5.97 Å². The monoisotopic (exact) mass is 222 g/mol. The average Bonchev–Trinajstić information content (AvgIpc) is 2.56. The molecule has 5 nitrogen and oxygen atoms in total. The van der Waals surface area contributed by atoms with Crippen molar-refractivity contribution < 1.29 is 14.6 Å². The number of rotatable bonds is 2. The number of carbonyl (C=O) groups is 1. The van der Waals surface area contributed by atoms with Gasteiger partial charge in [0.2, 0.25) is 0 Å². The van der Waals surface area contributed by atoms with Gasteiger partial charge in [-0.05, 0) is 25.7 Å². The third kappa shape index (κ3) is 1.35. The zero-order chi connectivity index (χ0) is 11.1. The van der Waals surface area contributed by atoms with Gasteiger partial charge < -0.3 is 9.84 Å². The molecule has 5 heteroatoms. The fourth-order valence-corrected chi connectivity index (χ4v) is 2.46. The molecule has 1 aliphatic carbocycles. The van der Waals surface area contributed by atoms with Crippen molar-refractivity contribution in [2.75, 3.05) is 13.2 Å². The third-order valence-electron chi connectivity index (χ3n) is 3.38. The number of hydrogen-bond donors (Lipinski definition) is 1. The van der Waals surface area contributed by atoms with Crippen LogP contribution in [0.4, 0.5) is 0 Å². The molecule has 1 aromatic heterocycles. The molecule has 0 atom stereocenters. The Balaban J connectivity index is 2.07. The molecule has 16 heavy (non-hydrogen) atoms. The molecule has 3 rings (SSSR count). The second kappa shape index (κ2) is 3.59. The van der Waals surface area contributed by atoms with E-state index in [4.69, 9.17) is 9.84 Å². The van der Waals surface area contributed by atoms with E-state index in [0.29, 0.717) is 13.2 Å². The van der Waals surface area contributed by atoms with Gasteiger partial charge in [0.1, 0.15) is 0 Å². The SMILES string of the molecule is O=C(O)c1nn(C2COC2)c2c1CCCC2. The molecule has 0 amide bonds. The standard InChI is InChI=1S/C11H14N2O3/c14-11(15)10-8-3-1-2-4-9(8)13(12-10)7-5-16-6-7/h7H,1-6H2,(H,14,15). The first kappa shape index (κ1) is 9.84. The normalized spacial score (nSPS) is 20.2. The summed E-state index contributed by atoms with van der Waals surface area (Å²) in [7, 11) is 0. The molecule has 1 fully saturated rings. The Bertz CT molecular complexity index is 435. The van der Waals surface area contributed by atoms with Gasteiger partial charge in [-0.25, -0.2) is 4.79 Å². The quantitative estimate of drug-likeness (QED) is 0.811. The Kier molecular flexibility index (Phi) is 2.21. The molecule has 1 N–H and O–H groups in total. The van der Waals surface area contributed by atoms with Crippen molar-refractivity contribution in [1.29, 1.82) is 0 Å². The first-order valence-electron chi connectivity index (χ1n) is 5.68. The van der Waals surface area contributed by atoms with Crippen molar-refractivity contribution in [1.82, 2.24) is 9.78 Å². The summed E-state index contributed by atoms with van der Waals surface area (Å²) in [5, 5.41) is 13.4. The summed E-state index contributed by atoms with van der Waals surface area (Å²) in [4.78, 5) is 11.1. The smallest absolute Gasteiger partial charge is 0.356 e. The van der Waals surface area contributed by atoms with E-state index in [9.17, 15) is 4.79 Å². The molecule has 2 heterocycles. The molecular formula is C11H14N2O3. The predicted molar refractivity (Wildman–Crippen MR) is 55.7 cm³/mol. The second-order valence-electron chi connectivity index (χ2n) is 4.42. The van der Waals surface area contributed by atoms with Gasteiger partial charge in [-0.1, -0.05) is 0 Å². The summed E-state index contributed by atoms with van der Waals surface area (Å²) in [5.41, 5.74) is 2.32. The number of aromatic carboxylic acids is 1. The minimum absolute atomic E-state index is 0.250. The minimum Gasteiger partial charge on any atom is -0.476 e. The van der Waals surface area contributed by atoms with Crippen LogP contribution in [0.25, 0.3) is 0 Å². The van der Waals surface area contributed by atoms with Crippen LogP contribution in [0.3, 0.4) is 0 Å². The van der Waals surface area contributed by atoms with Crippen LogP contribution in [0.5, 0.6) is 0 Å². The zero-order valence-corrected chi connectivity index (χ0v) is 8.98. The van der Waals surface area contributed by atoms with Gasteiger partial charge in [0.25, 0.3) is 0 Å². The Morgan fingerprint density at radius 2 is 2.12 bits per heavy atom. The van der Waals surface area contributed by atoms with Crippen molar-refractivity contribution in [3.8, 4) is 0 Å². The molecule has 1 aliphatic heterocycles. The van der Waals surface area contributed by atoms with Crippen molar-refractivity contribution >= 4 is 5.97 Å². The maximum atomic E-state index is 11.1. The number of ether oxygens (including phenoxy) is 1. The Hall–Kier alpha value is -1.36. The molecule has 0 spiro atoms. The molecule has 86 valence electrons. The lowest BCUT2D eigenvalue weighted by molar-refractivity contribution is -0.0301. The number of nitrogens with zero attached hydrogens (tertiary/aromatic N) is 2. The van der Waals surface area contributed by atoms with E-state index in [1.165, 1.54) is 0 Å². The number of hydrogen-bond acceptors (Lipinski definition) is 3. The van der Waals surface area contributed by atoms with Crippen LogP contribution >= 0.6 is 0 Å². The largest absolute Gasteiger partial charge is 0.476 e. The van der Waals surface area contributed by atoms with Gasteiger partial charge in [0.15, 0.2) is 5.69 Å².